The maximum atomic E-state index is 13.4. The Labute approximate surface area is 185 Å². The third kappa shape index (κ3) is 3.60. The summed E-state index contributed by atoms with van der Waals surface area (Å²) in [5.74, 6) is -0.269. The zero-order valence-electron chi connectivity index (χ0n) is 16.4. The molecule has 4 heterocycles. The quantitative estimate of drug-likeness (QED) is 0.520. The number of benzene rings is 1. The van der Waals surface area contributed by atoms with Crippen LogP contribution in [0.2, 0.25) is 0 Å². The number of fused-ring (bicyclic) bond motifs is 1. The lowest BCUT2D eigenvalue weighted by atomic mass is 10.0. The molecule has 1 aliphatic rings. The SMILES string of the molecule is CC1=C(C(=O)Nc2ccccc2)C(c2cccs2)n2c(s/c(=C/c3ccoc3)c2=O)=N1. The van der Waals surface area contributed by atoms with Crippen molar-refractivity contribution in [2.24, 2.45) is 4.99 Å². The largest absolute Gasteiger partial charge is 0.472 e. The fraction of sp³-hybridized carbons (Fsp3) is 0.0870. The van der Waals surface area contributed by atoms with Crippen molar-refractivity contribution in [1.29, 1.82) is 0 Å². The van der Waals surface area contributed by atoms with Gasteiger partial charge in [-0.15, -0.1) is 11.3 Å². The lowest BCUT2D eigenvalue weighted by Crippen LogP contribution is -2.40. The first-order valence-corrected chi connectivity index (χ1v) is 11.3. The van der Waals surface area contributed by atoms with Crippen LogP contribution in [0.3, 0.4) is 0 Å². The molecular formula is C23H17N3O3S2. The number of anilines is 1. The second-order valence-corrected chi connectivity index (χ2v) is 8.96. The Balaban J connectivity index is 1.66. The molecule has 0 radical (unpaired) electrons. The van der Waals surface area contributed by atoms with Gasteiger partial charge in [-0.05, 0) is 42.6 Å². The fourth-order valence-electron chi connectivity index (χ4n) is 3.56. The topological polar surface area (TPSA) is 76.6 Å². The van der Waals surface area contributed by atoms with Crippen LogP contribution in [0.4, 0.5) is 5.69 Å². The van der Waals surface area contributed by atoms with Crippen molar-refractivity contribution >= 4 is 40.3 Å². The molecule has 1 aromatic carbocycles. The fourth-order valence-corrected chi connectivity index (χ4v) is 5.43. The Bertz CT molecular complexity index is 1440. The molecule has 0 fully saturated rings. The van der Waals surface area contributed by atoms with Gasteiger partial charge in [-0.25, -0.2) is 4.99 Å². The summed E-state index contributed by atoms with van der Waals surface area (Å²) in [7, 11) is 0. The monoisotopic (exact) mass is 447 g/mol. The number of nitrogens with zero attached hydrogens (tertiary/aromatic N) is 2. The number of aromatic nitrogens is 1. The number of nitrogens with one attached hydrogen (secondary N) is 1. The van der Waals surface area contributed by atoms with E-state index >= 15 is 0 Å². The smallest absolute Gasteiger partial charge is 0.271 e. The van der Waals surface area contributed by atoms with E-state index in [0.717, 1.165) is 10.4 Å². The molecule has 1 amide bonds. The number of carbonyl (C=O) groups excluding carboxylic acids is 1. The number of carbonyl (C=O) groups is 1. The first-order chi connectivity index (χ1) is 15.1. The highest BCUT2D eigenvalue weighted by Crippen LogP contribution is 2.33. The summed E-state index contributed by atoms with van der Waals surface area (Å²) < 4.78 is 7.27. The van der Waals surface area contributed by atoms with E-state index in [4.69, 9.17) is 4.42 Å². The molecule has 3 aromatic heterocycles. The van der Waals surface area contributed by atoms with E-state index in [2.05, 4.69) is 10.3 Å². The van der Waals surface area contributed by atoms with E-state index < -0.39 is 6.04 Å². The van der Waals surface area contributed by atoms with Crippen molar-refractivity contribution in [3.05, 3.63) is 108 Å². The molecule has 154 valence electrons. The van der Waals surface area contributed by atoms with Gasteiger partial charge in [0.25, 0.3) is 11.5 Å². The molecule has 4 aromatic rings. The molecule has 0 bridgehead atoms. The first-order valence-electron chi connectivity index (χ1n) is 9.56. The molecular weight excluding hydrogens is 430 g/mol. The first kappa shape index (κ1) is 19.5. The highest BCUT2D eigenvalue weighted by molar-refractivity contribution is 7.10. The average molecular weight is 448 g/mol. The van der Waals surface area contributed by atoms with Gasteiger partial charge in [0.15, 0.2) is 4.80 Å². The van der Waals surface area contributed by atoms with Crippen LogP contribution in [0.15, 0.2) is 91.9 Å². The molecule has 0 aliphatic carbocycles. The summed E-state index contributed by atoms with van der Waals surface area (Å²) >= 11 is 2.82. The Kier molecular flexibility index (Phi) is 5.01. The number of amides is 1. The summed E-state index contributed by atoms with van der Waals surface area (Å²) in [6, 6.07) is 14.4. The van der Waals surface area contributed by atoms with Crippen molar-refractivity contribution in [3.8, 4) is 0 Å². The van der Waals surface area contributed by atoms with E-state index in [1.165, 1.54) is 22.7 Å². The van der Waals surface area contributed by atoms with Gasteiger partial charge in [-0.2, -0.15) is 0 Å². The second kappa shape index (κ2) is 7.98. The number of hydrogen-bond donors (Lipinski definition) is 1. The number of allylic oxidation sites excluding steroid dienone is 1. The van der Waals surface area contributed by atoms with Crippen LogP contribution in [-0.2, 0) is 4.79 Å². The van der Waals surface area contributed by atoms with E-state index in [-0.39, 0.29) is 11.5 Å². The summed E-state index contributed by atoms with van der Waals surface area (Å²) in [5.41, 5.74) is 2.38. The van der Waals surface area contributed by atoms with Crippen LogP contribution in [-0.4, -0.2) is 10.5 Å². The Morgan fingerprint density at radius 2 is 2.03 bits per heavy atom. The molecule has 0 saturated carbocycles. The highest BCUT2D eigenvalue weighted by Gasteiger charge is 2.33. The molecule has 1 atom stereocenters. The molecule has 0 saturated heterocycles. The van der Waals surface area contributed by atoms with Crippen LogP contribution >= 0.6 is 22.7 Å². The summed E-state index contributed by atoms with van der Waals surface area (Å²) in [5, 5.41) is 4.89. The number of rotatable bonds is 4. The van der Waals surface area contributed by atoms with Gasteiger partial charge in [-0.1, -0.05) is 35.6 Å². The van der Waals surface area contributed by atoms with Crippen LogP contribution in [0.1, 0.15) is 23.4 Å². The zero-order valence-corrected chi connectivity index (χ0v) is 18.1. The molecule has 0 spiro atoms. The van der Waals surface area contributed by atoms with Gasteiger partial charge < -0.3 is 9.73 Å². The Morgan fingerprint density at radius 3 is 2.74 bits per heavy atom. The zero-order chi connectivity index (χ0) is 21.4. The van der Waals surface area contributed by atoms with Crippen molar-refractivity contribution in [1.82, 2.24) is 4.57 Å². The summed E-state index contributed by atoms with van der Waals surface area (Å²) in [6.45, 7) is 1.81. The molecule has 6 nitrogen and oxygen atoms in total. The summed E-state index contributed by atoms with van der Waals surface area (Å²) in [4.78, 5) is 32.8. The Hall–Kier alpha value is -3.49. The number of hydrogen-bond acceptors (Lipinski definition) is 6. The predicted molar refractivity (Wildman–Crippen MR) is 122 cm³/mol. The minimum atomic E-state index is -0.536. The number of para-hydroxylation sites is 1. The van der Waals surface area contributed by atoms with Crippen molar-refractivity contribution < 1.29 is 9.21 Å². The molecule has 8 heteroatoms. The third-order valence-corrected chi connectivity index (χ3v) is 6.86. The van der Waals surface area contributed by atoms with Crippen LogP contribution in [0, 0.1) is 0 Å². The Morgan fingerprint density at radius 1 is 1.19 bits per heavy atom. The minimum Gasteiger partial charge on any atom is -0.472 e. The maximum Gasteiger partial charge on any atom is 0.271 e. The van der Waals surface area contributed by atoms with E-state index in [1.807, 2.05) is 54.8 Å². The molecule has 31 heavy (non-hydrogen) atoms. The molecule has 1 N–H and O–H groups in total. The van der Waals surface area contributed by atoms with Gasteiger partial charge in [0.05, 0.1) is 28.3 Å². The van der Waals surface area contributed by atoms with E-state index in [1.54, 1.807) is 29.2 Å². The summed E-state index contributed by atoms with van der Waals surface area (Å²) in [6.07, 6.45) is 4.92. The second-order valence-electron chi connectivity index (χ2n) is 6.97. The maximum absolute atomic E-state index is 13.4. The molecule has 1 aliphatic heterocycles. The van der Waals surface area contributed by atoms with Crippen LogP contribution in [0.25, 0.3) is 6.08 Å². The molecule has 5 rings (SSSR count). The van der Waals surface area contributed by atoms with Gasteiger partial charge in [-0.3, -0.25) is 14.2 Å². The predicted octanol–water partition coefficient (Wildman–Crippen LogP) is 3.53. The van der Waals surface area contributed by atoms with Crippen LogP contribution in [0.5, 0.6) is 0 Å². The lowest BCUT2D eigenvalue weighted by Gasteiger charge is -2.24. The normalized spacial score (nSPS) is 16.2. The number of thiophene rings is 1. The standard InChI is InChI=1S/C23H17N3O3S2/c1-14-19(21(27)25-16-6-3-2-4-7-16)20(17-8-5-11-30-17)26-22(28)18(31-23(26)24-14)12-15-9-10-29-13-15/h2-13,20H,1H3,(H,25,27)/b18-12+. The van der Waals surface area contributed by atoms with E-state index in [0.29, 0.717) is 26.3 Å². The third-order valence-electron chi connectivity index (χ3n) is 4.95. The van der Waals surface area contributed by atoms with Gasteiger partial charge >= 0.3 is 0 Å². The highest BCUT2D eigenvalue weighted by atomic mass is 32.1. The lowest BCUT2D eigenvalue weighted by molar-refractivity contribution is -0.113. The average Bonchev–Trinajstić information content (AvgIpc) is 3.51. The molecule has 1 unspecified atom stereocenters. The number of thiazole rings is 1. The van der Waals surface area contributed by atoms with Crippen molar-refractivity contribution in [2.45, 2.75) is 13.0 Å². The minimum absolute atomic E-state index is 0.180. The van der Waals surface area contributed by atoms with Gasteiger partial charge in [0.1, 0.15) is 6.04 Å². The van der Waals surface area contributed by atoms with Crippen molar-refractivity contribution in [3.63, 3.8) is 0 Å². The van der Waals surface area contributed by atoms with Gasteiger partial charge in [0.2, 0.25) is 0 Å². The number of furan rings is 1. The van der Waals surface area contributed by atoms with Crippen molar-refractivity contribution in [2.75, 3.05) is 5.32 Å². The van der Waals surface area contributed by atoms with E-state index in [9.17, 15) is 9.59 Å². The van der Waals surface area contributed by atoms with Gasteiger partial charge in [0, 0.05) is 16.1 Å². The van der Waals surface area contributed by atoms with Crippen LogP contribution < -0.4 is 20.2 Å².